The van der Waals surface area contributed by atoms with Crippen LogP contribution in [0.25, 0.3) is 0 Å². The first-order valence-electron chi connectivity index (χ1n) is 5.54. The third-order valence-electron chi connectivity index (χ3n) is 2.54. The zero-order valence-corrected chi connectivity index (χ0v) is 12.9. The summed E-state index contributed by atoms with van der Waals surface area (Å²) in [4.78, 5) is 16.3. The van der Waals surface area contributed by atoms with E-state index in [-0.39, 0.29) is 11.5 Å². The molecule has 0 saturated heterocycles. The first kappa shape index (κ1) is 13.6. The van der Waals surface area contributed by atoms with Crippen molar-refractivity contribution in [2.75, 3.05) is 12.0 Å². The summed E-state index contributed by atoms with van der Waals surface area (Å²) in [5.74, 6) is 0.958. The van der Waals surface area contributed by atoms with Crippen molar-refractivity contribution < 1.29 is 9.53 Å². The predicted molar refractivity (Wildman–Crippen MR) is 78.6 cm³/mol. The minimum atomic E-state index is -0.329. The maximum Gasteiger partial charge on any atom is 0.345 e. The summed E-state index contributed by atoms with van der Waals surface area (Å²) in [5, 5.41) is 0. The fourth-order valence-corrected chi connectivity index (χ4v) is 3.15. The average Bonchev–Trinajstić information content (AvgIpc) is 2.56. The van der Waals surface area contributed by atoms with Crippen LogP contribution in [0.3, 0.4) is 0 Å². The van der Waals surface area contributed by atoms with E-state index in [9.17, 15) is 4.79 Å². The number of benzene rings is 1. The van der Waals surface area contributed by atoms with Crippen molar-refractivity contribution in [2.45, 2.75) is 19.4 Å². The Morgan fingerprint density at radius 1 is 1.44 bits per heavy atom. The molecule has 0 radical (unpaired) electrons. The summed E-state index contributed by atoms with van der Waals surface area (Å²) in [6.07, 6.45) is 2.03. The van der Waals surface area contributed by atoms with Gasteiger partial charge in [0.1, 0.15) is 0 Å². The highest BCUT2D eigenvalue weighted by Crippen LogP contribution is 2.29. The minimum Gasteiger partial charge on any atom is -0.403 e. The lowest BCUT2D eigenvalue weighted by Gasteiger charge is -2.18. The number of fused-ring (bicyclic) bond motifs is 1. The molecule has 0 saturated carbocycles. The maximum atomic E-state index is 11.7. The second-order valence-corrected chi connectivity index (χ2v) is 6.43. The number of halogens is 1. The van der Waals surface area contributed by atoms with Gasteiger partial charge in [0.25, 0.3) is 0 Å². The second kappa shape index (κ2) is 5.05. The number of carbonyl (C=O) groups excluding carboxylic acids is 1. The van der Waals surface area contributed by atoms with Gasteiger partial charge in [-0.15, -0.1) is 0 Å². The summed E-state index contributed by atoms with van der Waals surface area (Å²) in [7, 11) is 0. The number of cyclic esters (lactones) is 1. The lowest BCUT2D eigenvalue weighted by atomic mass is 10.1. The molecule has 1 aliphatic heterocycles. The summed E-state index contributed by atoms with van der Waals surface area (Å²) < 4.78 is 6.10. The van der Waals surface area contributed by atoms with Crippen molar-refractivity contribution in [1.29, 1.82) is 0 Å². The molecule has 1 aliphatic rings. The zero-order valence-electron chi connectivity index (χ0n) is 10.5. The van der Waals surface area contributed by atoms with Gasteiger partial charge in [0, 0.05) is 10.2 Å². The van der Waals surface area contributed by atoms with Crippen LogP contribution in [0.2, 0.25) is 0 Å². The zero-order chi connectivity index (χ0) is 13.3. The van der Waals surface area contributed by atoms with Gasteiger partial charge in [-0.1, -0.05) is 6.07 Å². The molecule has 0 bridgehead atoms. The van der Waals surface area contributed by atoms with E-state index in [1.54, 1.807) is 17.8 Å². The molecule has 2 rings (SSSR count). The van der Waals surface area contributed by atoms with Crippen molar-refractivity contribution in [1.82, 2.24) is 0 Å². The Morgan fingerprint density at radius 2 is 2.17 bits per heavy atom. The van der Waals surface area contributed by atoms with Gasteiger partial charge in [0.2, 0.25) is 5.90 Å². The van der Waals surface area contributed by atoms with E-state index in [0.29, 0.717) is 11.5 Å². The van der Waals surface area contributed by atoms with Crippen molar-refractivity contribution in [3.05, 3.63) is 33.8 Å². The number of esters is 1. The fraction of sp³-hybridized carbons (Fsp3) is 0.385. The Labute approximate surface area is 119 Å². The van der Waals surface area contributed by atoms with Gasteiger partial charge in [-0.25, -0.2) is 9.79 Å². The molecule has 0 spiro atoms. The summed E-state index contributed by atoms with van der Waals surface area (Å²) >= 11 is 5.16. The van der Waals surface area contributed by atoms with E-state index < -0.39 is 0 Å². The molecule has 0 aliphatic carbocycles. The first-order valence-corrected chi connectivity index (χ1v) is 7.73. The number of hydrogen-bond acceptors (Lipinski definition) is 4. The van der Waals surface area contributed by atoms with Gasteiger partial charge in [-0.2, -0.15) is 11.8 Å². The highest BCUT2D eigenvalue weighted by Gasteiger charge is 2.31. The second-order valence-electron chi connectivity index (χ2n) is 4.71. The predicted octanol–water partition coefficient (Wildman–Crippen LogP) is 3.51. The number of carbonyl (C=O) groups is 1. The van der Waals surface area contributed by atoms with Crippen LogP contribution in [-0.4, -0.2) is 29.4 Å². The maximum absolute atomic E-state index is 11.7. The summed E-state index contributed by atoms with van der Waals surface area (Å²) in [6.45, 7) is 4.05. The highest BCUT2D eigenvalue weighted by atomic mass is 79.9. The van der Waals surface area contributed by atoms with Crippen molar-refractivity contribution in [3.8, 4) is 0 Å². The summed E-state index contributed by atoms with van der Waals surface area (Å²) in [6, 6.07) is 5.46. The normalized spacial score (nSPS) is 16.9. The SMILES string of the molecule is CSCC(C)(C)/N=C1/OC(=O)c2cccc(Br)c21. The van der Waals surface area contributed by atoms with Crippen LogP contribution in [0.15, 0.2) is 27.7 Å². The first-order chi connectivity index (χ1) is 8.44. The van der Waals surface area contributed by atoms with Crippen LogP contribution in [0.1, 0.15) is 29.8 Å². The van der Waals surface area contributed by atoms with Crippen LogP contribution in [0.4, 0.5) is 0 Å². The van der Waals surface area contributed by atoms with Gasteiger partial charge in [-0.05, 0) is 48.2 Å². The Kier molecular flexibility index (Phi) is 3.82. The molecule has 1 aromatic rings. The number of hydrogen-bond donors (Lipinski definition) is 0. The average molecular weight is 328 g/mol. The molecule has 18 heavy (non-hydrogen) atoms. The molecule has 96 valence electrons. The molecular weight excluding hydrogens is 314 g/mol. The van der Waals surface area contributed by atoms with Crippen molar-refractivity contribution in [3.63, 3.8) is 0 Å². The quantitative estimate of drug-likeness (QED) is 0.797. The summed E-state index contributed by atoms with van der Waals surface area (Å²) in [5.41, 5.74) is 1.08. The van der Waals surface area contributed by atoms with Crippen LogP contribution in [-0.2, 0) is 4.74 Å². The van der Waals surface area contributed by atoms with E-state index in [4.69, 9.17) is 4.74 Å². The lowest BCUT2D eigenvalue weighted by molar-refractivity contribution is 0.0736. The number of thioether (sulfide) groups is 1. The van der Waals surface area contributed by atoms with E-state index in [2.05, 4.69) is 20.9 Å². The van der Waals surface area contributed by atoms with Crippen LogP contribution in [0, 0.1) is 0 Å². The molecule has 3 nitrogen and oxygen atoms in total. The topological polar surface area (TPSA) is 38.7 Å². The standard InChI is InChI=1S/C13H14BrNO2S/c1-13(2,7-18-3)15-11-10-8(12(16)17-11)5-4-6-9(10)14/h4-6H,7H2,1-3H3/b15-11+. The van der Waals surface area contributed by atoms with Gasteiger partial charge < -0.3 is 4.74 Å². The van der Waals surface area contributed by atoms with Crippen LogP contribution in [0.5, 0.6) is 0 Å². The monoisotopic (exact) mass is 327 g/mol. The van der Waals surface area contributed by atoms with Gasteiger partial charge in [0.05, 0.1) is 16.7 Å². The molecule has 0 amide bonds. The van der Waals surface area contributed by atoms with Gasteiger partial charge in [0.15, 0.2) is 0 Å². The van der Waals surface area contributed by atoms with Crippen molar-refractivity contribution in [2.24, 2.45) is 4.99 Å². The molecule has 0 fully saturated rings. The van der Waals surface area contributed by atoms with Crippen molar-refractivity contribution >= 4 is 39.6 Å². The van der Waals surface area contributed by atoms with E-state index in [1.807, 2.05) is 32.2 Å². The number of rotatable bonds is 3. The molecule has 1 heterocycles. The Balaban J connectivity index is 2.46. The highest BCUT2D eigenvalue weighted by molar-refractivity contribution is 9.10. The number of aliphatic imine (C=N–C) groups is 1. The molecule has 0 N–H and O–H groups in total. The number of ether oxygens (including phenoxy) is 1. The van der Waals surface area contributed by atoms with Crippen LogP contribution >= 0.6 is 27.7 Å². The molecule has 1 aromatic carbocycles. The third kappa shape index (κ3) is 2.62. The molecule has 0 unspecified atom stereocenters. The Hall–Kier alpha value is -0.810. The Morgan fingerprint density at radius 3 is 2.83 bits per heavy atom. The molecule has 0 atom stereocenters. The largest absolute Gasteiger partial charge is 0.403 e. The molecule has 0 aromatic heterocycles. The molecular formula is C13H14BrNO2S. The minimum absolute atomic E-state index is 0.258. The smallest absolute Gasteiger partial charge is 0.345 e. The van der Waals surface area contributed by atoms with Gasteiger partial charge >= 0.3 is 5.97 Å². The number of nitrogens with zero attached hydrogens (tertiary/aromatic N) is 1. The Bertz CT molecular complexity index is 526. The fourth-order valence-electron chi connectivity index (χ4n) is 1.84. The van der Waals surface area contributed by atoms with E-state index in [1.165, 1.54) is 0 Å². The molecule has 5 heteroatoms. The van der Waals surface area contributed by atoms with E-state index >= 15 is 0 Å². The van der Waals surface area contributed by atoms with Crippen LogP contribution < -0.4 is 0 Å². The lowest BCUT2D eigenvalue weighted by Crippen LogP contribution is -2.23. The third-order valence-corrected chi connectivity index (χ3v) is 4.19. The van der Waals surface area contributed by atoms with E-state index in [0.717, 1.165) is 15.8 Å². The van der Waals surface area contributed by atoms with Gasteiger partial charge in [-0.3, -0.25) is 0 Å².